The number of non-ortho nitro benzene ring substituents is 1. The molecule has 5 N–H and O–H groups in total. The fourth-order valence-corrected chi connectivity index (χ4v) is 4.52. The number of aromatic amines is 2. The Morgan fingerprint density at radius 1 is 1.27 bits per heavy atom. The number of nitrogens with one attached hydrogen (secondary N) is 2. The molecule has 1 amide bonds. The molecule has 0 spiro atoms. The highest BCUT2D eigenvalue weighted by Gasteiger charge is 2.36. The monoisotopic (exact) mass is 449 g/mol. The van der Waals surface area contributed by atoms with Crippen LogP contribution in [0.4, 0.5) is 11.4 Å². The summed E-state index contributed by atoms with van der Waals surface area (Å²) in [5, 5.41) is 22.6. The first-order valence-electron chi connectivity index (χ1n) is 10.0. The smallest absolute Gasteiger partial charge is 0.340 e. The van der Waals surface area contributed by atoms with E-state index in [1.54, 1.807) is 6.92 Å². The zero-order valence-electron chi connectivity index (χ0n) is 17.6. The highest BCUT2D eigenvalue weighted by atomic mass is 16.6. The fraction of sp³-hybridized carbons (Fsp3) is 0.182. The van der Waals surface area contributed by atoms with Crippen molar-refractivity contribution >= 4 is 45.1 Å². The minimum atomic E-state index is -0.615. The van der Waals surface area contributed by atoms with Gasteiger partial charge in [-0.1, -0.05) is 0 Å². The average Bonchev–Trinajstić information content (AvgIpc) is 3.45. The number of anilines is 1. The summed E-state index contributed by atoms with van der Waals surface area (Å²) >= 11 is 0. The number of hydrogen-bond donors (Lipinski definition) is 4. The lowest BCUT2D eigenvalue weighted by Crippen LogP contribution is -2.31. The van der Waals surface area contributed by atoms with Gasteiger partial charge >= 0.3 is 5.97 Å². The Morgan fingerprint density at radius 3 is 2.73 bits per heavy atom. The van der Waals surface area contributed by atoms with E-state index in [1.807, 2.05) is 0 Å². The van der Waals surface area contributed by atoms with E-state index >= 15 is 0 Å². The number of phenols is 1. The van der Waals surface area contributed by atoms with Gasteiger partial charge in [0.25, 0.3) is 11.6 Å². The number of carbonyl (C=O) groups excluding carboxylic acids is 2. The van der Waals surface area contributed by atoms with E-state index in [4.69, 9.17) is 10.5 Å². The lowest BCUT2D eigenvalue weighted by Gasteiger charge is -2.17. The number of methoxy groups -OCH3 is 1. The van der Waals surface area contributed by atoms with Crippen LogP contribution in [0.1, 0.15) is 38.1 Å². The molecular formula is C22H19N5O6. The van der Waals surface area contributed by atoms with Gasteiger partial charge in [-0.2, -0.15) is 0 Å². The predicted octanol–water partition coefficient (Wildman–Crippen LogP) is 3.02. The van der Waals surface area contributed by atoms with Crippen molar-refractivity contribution in [2.45, 2.75) is 13.0 Å². The van der Waals surface area contributed by atoms with Crippen LogP contribution in [0.3, 0.4) is 0 Å². The Morgan fingerprint density at radius 2 is 2.03 bits per heavy atom. The Hall–Kier alpha value is -4.38. The van der Waals surface area contributed by atoms with Gasteiger partial charge in [-0.15, -0.1) is 0 Å². The number of hydrogen-bond acceptors (Lipinski definition) is 7. The van der Waals surface area contributed by atoms with Crippen molar-refractivity contribution in [3.63, 3.8) is 0 Å². The van der Waals surface area contributed by atoms with E-state index < -0.39 is 22.8 Å². The van der Waals surface area contributed by atoms with Gasteiger partial charge < -0.3 is 30.4 Å². The lowest BCUT2D eigenvalue weighted by atomic mass is 9.99. The molecule has 0 saturated heterocycles. The Kier molecular flexibility index (Phi) is 4.40. The number of H-pyrrole nitrogens is 2. The number of benzene rings is 2. The Labute approximate surface area is 185 Å². The number of nitro benzene ring substituents is 1. The summed E-state index contributed by atoms with van der Waals surface area (Å²) in [7, 11) is 1.26. The second-order valence-electron chi connectivity index (χ2n) is 7.93. The molecule has 2 aromatic heterocycles. The molecule has 0 radical (unpaired) electrons. The number of carbonyl (C=O) groups is 2. The van der Waals surface area contributed by atoms with Crippen molar-refractivity contribution in [2.75, 3.05) is 18.6 Å². The largest absolute Gasteiger partial charge is 0.506 e. The number of phenolic OH excluding ortho intramolecular Hbond substituents is 1. The molecule has 5 rings (SSSR count). The van der Waals surface area contributed by atoms with Gasteiger partial charge in [0.1, 0.15) is 11.4 Å². The molecule has 33 heavy (non-hydrogen) atoms. The summed E-state index contributed by atoms with van der Waals surface area (Å²) in [6.07, 6.45) is 0. The van der Waals surface area contributed by atoms with Gasteiger partial charge in [0.15, 0.2) is 0 Å². The van der Waals surface area contributed by atoms with Crippen molar-refractivity contribution in [1.82, 2.24) is 9.97 Å². The first-order chi connectivity index (χ1) is 15.7. The molecule has 0 saturated carbocycles. The Bertz CT molecular complexity index is 1500. The molecule has 2 aromatic carbocycles. The summed E-state index contributed by atoms with van der Waals surface area (Å²) in [5.74, 6) is -1.14. The normalized spacial score (nSPS) is 15.2. The number of aromatic nitrogens is 2. The van der Waals surface area contributed by atoms with Crippen LogP contribution >= 0.6 is 0 Å². The highest BCUT2D eigenvalue weighted by molar-refractivity contribution is 6.14. The first-order valence-corrected chi connectivity index (χ1v) is 10.0. The van der Waals surface area contributed by atoms with Crippen molar-refractivity contribution in [3.8, 4) is 5.75 Å². The number of nitrogens with two attached hydrogens (primary N) is 1. The number of rotatable bonds is 3. The standard InChI is InChI=1S/C22H19N5O6/c1-9-17(22(30)33-2)19-18-12(23)8-26(15(18)7-16(28)20(19)24-9)21(29)14-6-10-5-11(27(31)32)3-4-13(10)25-14/h3-7,12,24-25,28H,8,23H2,1-2H3. The maximum Gasteiger partial charge on any atom is 0.340 e. The number of fused-ring (bicyclic) bond motifs is 4. The summed E-state index contributed by atoms with van der Waals surface area (Å²) in [6, 6.07) is 6.63. The topological polar surface area (TPSA) is 168 Å². The van der Waals surface area contributed by atoms with Crippen molar-refractivity contribution in [3.05, 3.63) is 63.0 Å². The van der Waals surface area contributed by atoms with Gasteiger partial charge in [0.2, 0.25) is 0 Å². The van der Waals surface area contributed by atoms with Crippen LogP contribution in [0.15, 0.2) is 30.3 Å². The molecule has 0 fully saturated rings. The SMILES string of the molecule is COC(=O)c1c(C)[nH]c2c(O)cc3c(c12)C(N)CN3C(=O)c1cc2cc([N+](=O)[O-])ccc2[nH]1. The van der Waals surface area contributed by atoms with Crippen LogP contribution in [-0.4, -0.2) is 45.5 Å². The van der Waals surface area contributed by atoms with E-state index in [2.05, 4.69) is 9.97 Å². The van der Waals surface area contributed by atoms with Crippen LogP contribution in [0, 0.1) is 17.0 Å². The molecule has 1 atom stereocenters. The zero-order chi connectivity index (χ0) is 23.6. The quantitative estimate of drug-likeness (QED) is 0.212. The van der Waals surface area contributed by atoms with E-state index in [1.165, 1.54) is 42.3 Å². The summed E-state index contributed by atoms with van der Waals surface area (Å²) in [6.45, 7) is 1.80. The number of aryl methyl sites for hydroxylation is 1. The molecule has 0 bridgehead atoms. The maximum atomic E-state index is 13.4. The third kappa shape index (κ3) is 2.93. The second-order valence-corrected chi connectivity index (χ2v) is 7.93. The molecule has 1 aliphatic heterocycles. The average molecular weight is 449 g/mol. The van der Waals surface area contributed by atoms with Gasteiger partial charge in [0, 0.05) is 52.3 Å². The molecule has 168 valence electrons. The molecule has 3 heterocycles. The molecule has 1 aliphatic rings. The van der Waals surface area contributed by atoms with Gasteiger partial charge in [-0.25, -0.2) is 4.79 Å². The fourth-order valence-electron chi connectivity index (χ4n) is 4.52. The third-order valence-corrected chi connectivity index (χ3v) is 5.98. The minimum absolute atomic E-state index is 0.0838. The van der Waals surface area contributed by atoms with Crippen LogP contribution in [0.2, 0.25) is 0 Å². The number of ether oxygens (including phenoxy) is 1. The summed E-state index contributed by atoms with van der Waals surface area (Å²) in [4.78, 5) is 43.8. The van der Waals surface area contributed by atoms with Crippen molar-refractivity contribution < 1.29 is 24.4 Å². The second kappa shape index (κ2) is 7.07. The van der Waals surface area contributed by atoms with E-state index in [0.717, 1.165) is 0 Å². The van der Waals surface area contributed by atoms with E-state index in [-0.39, 0.29) is 29.2 Å². The number of aromatic hydroxyl groups is 1. The summed E-state index contributed by atoms with van der Waals surface area (Å²) < 4.78 is 4.91. The molecule has 11 heteroatoms. The van der Waals surface area contributed by atoms with Crippen LogP contribution in [0.5, 0.6) is 5.75 Å². The number of esters is 1. The number of nitrogens with zero attached hydrogens (tertiary/aromatic N) is 2. The first kappa shape index (κ1) is 20.5. The van der Waals surface area contributed by atoms with Crippen LogP contribution in [0.25, 0.3) is 21.8 Å². The van der Waals surface area contributed by atoms with Crippen LogP contribution in [-0.2, 0) is 4.74 Å². The molecular weight excluding hydrogens is 430 g/mol. The minimum Gasteiger partial charge on any atom is -0.506 e. The molecule has 0 aliphatic carbocycles. The van der Waals surface area contributed by atoms with Crippen LogP contribution < -0.4 is 10.6 Å². The molecule has 4 aromatic rings. The molecule has 1 unspecified atom stereocenters. The van der Waals surface area contributed by atoms with E-state index in [0.29, 0.717) is 38.8 Å². The van der Waals surface area contributed by atoms with Gasteiger partial charge in [0.05, 0.1) is 34.8 Å². The van der Waals surface area contributed by atoms with Gasteiger partial charge in [-0.3, -0.25) is 14.9 Å². The lowest BCUT2D eigenvalue weighted by molar-refractivity contribution is -0.384. The Balaban J connectivity index is 1.64. The van der Waals surface area contributed by atoms with Crippen molar-refractivity contribution in [1.29, 1.82) is 0 Å². The van der Waals surface area contributed by atoms with E-state index in [9.17, 15) is 24.8 Å². The third-order valence-electron chi connectivity index (χ3n) is 5.98. The van der Waals surface area contributed by atoms with Crippen molar-refractivity contribution in [2.24, 2.45) is 5.73 Å². The highest BCUT2D eigenvalue weighted by Crippen LogP contribution is 2.45. The van der Waals surface area contributed by atoms with Gasteiger partial charge in [-0.05, 0) is 19.1 Å². The maximum absolute atomic E-state index is 13.4. The predicted molar refractivity (Wildman–Crippen MR) is 120 cm³/mol. The number of amides is 1. The summed E-state index contributed by atoms with van der Waals surface area (Å²) in [5.41, 5.74) is 9.12. The molecule has 11 nitrogen and oxygen atoms in total. The zero-order valence-corrected chi connectivity index (χ0v) is 17.6. The number of nitro groups is 1.